The summed E-state index contributed by atoms with van der Waals surface area (Å²) in [5, 5.41) is 24.7. The van der Waals surface area contributed by atoms with Crippen LogP contribution in [0.5, 0.6) is 0 Å². The van der Waals surface area contributed by atoms with Gasteiger partial charge in [0.05, 0.1) is 17.2 Å². The minimum Gasteiger partial charge on any atom is -0.456 e. The van der Waals surface area contributed by atoms with E-state index < -0.39 is 0 Å². The van der Waals surface area contributed by atoms with Gasteiger partial charge in [0.2, 0.25) is 0 Å². The molecule has 42 heavy (non-hydrogen) atoms. The van der Waals surface area contributed by atoms with Crippen molar-refractivity contribution in [3.05, 3.63) is 132 Å². The number of para-hydroxylation sites is 1. The molecule has 194 valence electrons. The summed E-state index contributed by atoms with van der Waals surface area (Å²) in [4.78, 5) is 0. The quantitative estimate of drug-likeness (QED) is 0.219. The van der Waals surface area contributed by atoms with Crippen molar-refractivity contribution in [2.45, 2.75) is 0 Å². The second-order valence-corrected chi connectivity index (χ2v) is 11.4. The Hall–Kier alpha value is -5.68. The molecule has 2 aromatic heterocycles. The maximum Gasteiger partial charge on any atom is 0.135 e. The predicted octanol–water partition coefficient (Wildman–Crippen LogP) is 10.7. The number of benzene rings is 6. The molecule has 4 heteroatoms. The zero-order valence-corrected chi connectivity index (χ0v) is 23.1. The van der Waals surface area contributed by atoms with E-state index in [0.717, 1.165) is 60.7 Å². The van der Waals surface area contributed by atoms with E-state index in [1.54, 1.807) is 17.4 Å². The molecule has 2 heterocycles. The summed E-state index contributed by atoms with van der Waals surface area (Å²) < 4.78 is 8.50. The molecule has 0 N–H and O–H groups in total. The van der Waals surface area contributed by atoms with Gasteiger partial charge >= 0.3 is 0 Å². The highest BCUT2D eigenvalue weighted by Gasteiger charge is 2.19. The van der Waals surface area contributed by atoms with Gasteiger partial charge in [-0.15, -0.1) is 11.3 Å². The zero-order chi connectivity index (χ0) is 28.2. The van der Waals surface area contributed by atoms with Crippen molar-refractivity contribution >= 4 is 53.4 Å². The molecule has 0 unspecified atom stereocenters. The van der Waals surface area contributed by atoms with Crippen LogP contribution in [0.4, 0.5) is 0 Å². The average Bonchev–Trinajstić information content (AvgIpc) is 3.62. The Morgan fingerprint density at radius 2 is 1.26 bits per heavy atom. The number of hydrogen-bond acceptors (Lipinski definition) is 4. The largest absolute Gasteiger partial charge is 0.456 e. The van der Waals surface area contributed by atoms with Gasteiger partial charge in [-0.05, 0) is 76.9 Å². The zero-order valence-electron chi connectivity index (χ0n) is 22.3. The van der Waals surface area contributed by atoms with Crippen LogP contribution < -0.4 is 0 Å². The van der Waals surface area contributed by atoms with Gasteiger partial charge in [-0.1, -0.05) is 66.7 Å². The van der Waals surface area contributed by atoms with Gasteiger partial charge in [0.25, 0.3) is 0 Å². The Morgan fingerprint density at radius 1 is 0.500 bits per heavy atom. The van der Waals surface area contributed by atoms with E-state index in [-0.39, 0.29) is 0 Å². The van der Waals surface area contributed by atoms with Crippen molar-refractivity contribution < 1.29 is 4.42 Å². The number of fused-ring (bicyclic) bond motifs is 6. The molecular formula is C38H20N2OS. The molecule has 0 aliphatic heterocycles. The Morgan fingerprint density at radius 3 is 2.14 bits per heavy atom. The SMILES string of the molecule is N#Cc1cccc(-c2cc(-c3ccc4oc5ccccc5c4c3)cc(-c3cccc4sc5ccccc5c34)c2C#N)c1. The van der Waals surface area contributed by atoms with Crippen LogP contribution in [0, 0.1) is 22.7 Å². The lowest BCUT2D eigenvalue weighted by atomic mass is 9.86. The summed E-state index contributed by atoms with van der Waals surface area (Å²) in [6.07, 6.45) is 0. The van der Waals surface area contributed by atoms with Crippen molar-refractivity contribution in [2.24, 2.45) is 0 Å². The molecule has 0 saturated heterocycles. The van der Waals surface area contributed by atoms with E-state index in [9.17, 15) is 10.5 Å². The number of nitriles is 2. The fourth-order valence-electron chi connectivity index (χ4n) is 6.03. The molecule has 0 aliphatic rings. The summed E-state index contributed by atoms with van der Waals surface area (Å²) in [6, 6.07) is 45.6. The van der Waals surface area contributed by atoms with Crippen molar-refractivity contribution in [3.8, 4) is 45.5 Å². The highest BCUT2D eigenvalue weighted by Crippen LogP contribution is 2.44. The van der Waals surface area contributed by atoms with E-state index >= 15 is 0 Å². The Balaban J connectivity index is 1.46. The van der Waals surface area contributed by atoms with Crippen molar-refractivity contribution in [1.29, 1.82) is 10.5 Å². The van der Waals surface area contributed by atoms with Crippen molar-refractivity contribution in [1.82, 2.24) is 0 Å². The van der Waals surface area contributed by atoms with Gasteiger partial charge in [-0.2, -0.15) is 10.5 Å². The summed E-state index contributed by atoms with van der Waals surface area (Å²) in [6.45, 7) is 0. The first-order valence-electron chi connectivity index (χ1n) is 13.6. The van der Waals surface area contributed by atoms with Gasteiger partial charge in [0.1, 0.15) is 17.2 Å². The lowest BCUT2D eigenvalue weighted by molar-refractivity contribution is 0.669. The fourth-order valence-corrected chi connectivity index (χ4v) is 7.16. The smallest absolute Gasteiger partial charge is 0.135 e. The van der Waals surface area contributed by atoms with Gasteiger partial charge in [-0.25, -0.2) is 0 Å². The van der Waals surface area contributed by atoms with Gasteiger partial charge in [-0.3, -0.25) is 0 Å². The van der Waals surface area contributed by atoms with Crippen molar-refractivity contribution in [3.63, 3.8) is 0 Å². The van der Waals surface area contributed by atoms with Gasteiger partial charge in [0, 0.05) is 42.1 Å². The molecule has 0 radical (unpaired) electrons. The molecule has 0 fully saturated rings. The second kappa shape index (κ2) is 9.46. The van der Waals surface area contributed by atoms with Crippen LogP contribution in [0.3, 0.4) is 0 Å². The second-order valence-electron chi connectivity index (χ2n) is 10.3. The summed E-state index contributed by atoms with van der Waals surface area (Å²) in [5.41, 5.74) is 8.40. The highest BCUT2D eigenvalue weighted by atomic mass is 32.1. The lowest BCUT2D eigenvalue weighted by Crippen LogP contribution is -1.94. The number of nitrogens with zero attached hydrogens (tertiary/aromatic N) is 2. The number of thiophene rings is 1. The molecule has 0 spiro atoms. The first-order chi connectivity index (χ1) is 20.7. The average molecular weight is 553 g/mol. The fraction of sp³-hybridized carbons (Fsp3) is 0. The monoisotopic (exact) mass is 552 g/mol. The minimum absolute atomic E-state index is 0.556. The summed E-state index contributed by atoms with van der Waals surface area (Å²) in [7, 11) is 0. The van der Waals surface area contributed by atoms with Gasteiger partial charge < -0.3 is 4.42 Å². The molecule has 0 aliphatic carbocycles. The van der Waals surface area contributed by atoms with E-state index in [4.69, 9.17) is 4.42 Å². The summed E-state index contributed by atoms with van der Waals surface area (Å²) in [5.74, 6) is 0. The normalized spacial score (nSPS) is 11.3. The van der Waals surface area contributed by atoms with Crippen LogP contribution in [0.2, 0.25) is 0 Å². The first kappa shape index (κ1) is 24.1. The Kier molecular flexibility index (Phi) is 5.44. The topological polar surface area (TPSA) is 60.7 Å². The molecule has 0 saturated carbocycles. The Labute approximate surface area is 245 Å². The molecule has 0 atom stereocenters. The highest BCUT2D eigenvalue weighted by molar-refractivity contribution is 7.25. The van der Waals surface area contributed by atoms with Crippen LogP contribution in [-0.4, -0.2) is 0 Å². The molecule has 3 nitrogen and oxygen atoms in total. The van der Waals surface area contributed by atoms with E-state index in [1.807, 2.05) is 42.5 Å². The van der Waals surface area contributed by atoms with Gasteiger partial charge in [0.15, 0.2) is 0 Å². The maximum atomic E-state index is 10.7. The Bertz CT molecular complexity index is 2450. The van der Waals surface area contributed by atoms with E-state index in [1.165, 1.54) is 14.8 Å². The molecule has 8 aromatic rings. The number of furan rings is 1. The van der Waals surface area contributed by atoms with Crippen LogP contribution in [0.1, 0.15) is 11.1 Å². The predicted molar refractivity (Wildman–Crippen MR) is 172 cm³/mol. The lowest BCUT2D eigenvalue weighted by Gasteiger charge is -2.15. The third-order valence-electron chi connectivity index (χ3n) is 7.96. The maximum absolute atomic E-state index is 10.7. The standard InChI is InChI=1S/C38H20N2OS/c39-21-23-7-5-8-25(17-23)30-19-26(24-15-16-35-32(18-24)27-9-1-3-12-34(27)41-35)20-31(33(30)22-40)28-11-6-14-37-38(28)29-10-2-4-13-36(29)42-37/h1-20H. The third-order valence-corrected chi connectivity index (χ3v) is 9.09. The van der Waals surface area contributed by atoms with Crippen LogP contribution in [0.15, 0.2) is 126 Å². The van der Waals surface area contributed by atoms with Crippen LogP contribution in [-0.2, 0) is 0 Å². The summed E-state index contributed by atoms with van der Waals surface area (Å²) >= 11 is 1.76. The van der Waals surface area contributed by atoms with Crippen LogP contribution in [0.25, 0.3) is 75.5 Å². The molecular weight excluding hydrogens is 532 g/mol. The molecule has 0 amide bonds. The minimum atomic E-state index is 0.556. The molecule has 8 rings (SSSR count). The molecule has 6 aromatic carbocycles. The molecule has 0 bridgehead atoms. The van der Waals surface area contributed by atoms with Crippen molar-refractivity contribution in [2.75, 3.05) is 0 Å². The number of hydrogen-bond donors (Lipinski definition) is 0. The third kappa shape index (κ3) is 3.71. The van der Waals surface area contributed by atoms with E-state index in [0.29, 0.717) is 11.1 Å². The number of rotatable bonds is 3. The first-order valence-corrected chi connectivity index (χ1v) is 14.4. The van der Waals surface area contributed by atoms with E-state index in [2.05, 4.69) is 84.9 Å². The van der Waals surface area contributed by atoms with Crippen LogP contribution >= 0.6 is 11.3 Å².